The lowest BCUT2D eigenvalue weighted by molar-refractivity contribution is 0.168. The number of rotatable bonds is 4. The molecule has 0 radical (unpaired) electrons. The average molecular weight is 399 g/mol. The third kappa shape index (κ3) is 4.70. The van der Waals surface area contributed by atoms with Crippen LogP contribution in [-0.4, -0.2) is 61.6 Å². The number of nitrogens with one attached hydrogen (secondary N) is 1. The Bertz CT molecular complexity index is 524. The molecule has 2 fully saturated rings. The monoisotopic (exact) mass is 398 g/mol. The maximum absolute atomic E-state index is 4.49. The van der Waals surface area contributed by atoms with Crippen LogP contribution in [0.1, 0.15) is 30.6 Å². The first kappa shape index (κ1) is 17.2. The molecule has 0 bridgehead atoms. The van der Waals surface area contributed by atoms with Crippen molar-refractivity contribution < 1.29 is 0 Å². The minimum atomic E-state index is 0.724. The van der Waals surface area contributed by atoms with Crippen molar-refractivity contribution in [2.75, 3.05) is 39.8 Å². The van der Waals surface area contributed by atoms with Crippen molar-refractivity contribution in [3.8, 4) is 0 Å². The van der Waals surface area contributed by atoms with Gasteiger partial charge in [0.1, 0.15) is 0 Å². The summed E-state index contributed by atoms with van der Waals surface area (Å²) in [4.78, 5) is 11.0. The lowest BCUT2D eigenvalue weighted by atomic mass is 10.1. The molecule has 0 aliphatic carbocycles. The molecular weight excluding hydrogens is 372 g/mol. The molecule has 2 saturated heterocycles. The predicted octanol–water partition coefficient (Wildman–Crippen LogP) is 3.19. The molecule has 2 aliphatic rings. The summed E-state index contributed by atoms with van der Waals surface area (Å²) >= 11 is 5.34. The standard InChI is InChI=1S/C17H27BrN4S/c1-19-17(20-9-7-15-5-6-16(18)23-15)22-12-8-14(13-22)21-10-3-2-4-11-21/h5-6,14H,2-4,7-13H2,1H3,(H,19,20). The van der Waals surface area contributed by atoms with Crippen LogP contribution in [-0.2, 0) is 6.42 Å². The number of thiophene rings is 1. The molecule has 2 aliphatic heterocycles. The van der Waals surface area contributed by atoms with Crippen LogP contribution < -0.4 is 5.32 Å². The van der Waals surface area contributed by atoms with Gasteiger partial charge in [-0.05, 0) is 66.8 Å². The van der Waals surface area contributed by atoms with Crippen LogP contribution >= 0.6 is 27.3 Å². The normalized spacial score (nSPS) is 23.5. The number of hydrogen-bond acceptors (Lipinski definition) is 3. The zero-order valence-electron chi connectivity index (χ0n) is 13.9. The van der Waals surface area contributed by atoms with Crippen molar-refractivity contribution in [2.24, 2.45) is 4.99 Å². The molecule has 1 N–H and O–H groups in total. The lowest BCUT2D eigenvalue weighted by Gasteiger charge is -2.32. The highest BCUT2D eigenvalue weighted by Gasteiger charge is 2.29. The fourth-order valence-electron chi connectivity index (χ4n) is 3.63. The van der Waals surface area contributed by atoms with Gasteiger partial charge in [0.05, 0.1) is 3.79 Å². The maximum atomic E-state index is 4.49. The first-order chi connectivity index (χ1) is 11.3. The van der Waals surface area contributed by atoms with Crippen LogP contribution in [0.15, 0.2) is 20.9 Å². The molecule has 4 nitrogen and oxygen atoms in total. The molecule has 1 atom stereocenters. The van der Waals surface area contributed by atoms with Crippen LogP contribution in [0.3, 0.4) is 0 Å². The quantitative estimate of drug-likeness (QED) is 0.623. The molecule has 23 heavy (non-hydrogen) atoms. The highest BCUT2D eigenvalue weighted by atomic mass is 79.9. The Labute approximate surface area is 152 Å². The van der Waals surface area contributed by atoms with Crippen LogP contribution in [0.2, 0.25) is 0 Å². The van der Waals surface area contributed by atoms with Crippen molar-refractivity contribution in [2.45, 2.75) is 38.1 Å². The molecule has 1 aromatic heterocycles. The summed E-state index contributed by atoms with van der Waals surface area (Å²) in [6.45, 7) is 5.79. The van der Waals surface area contributed by atoms with E-state index in [9.17, 15) is 0 Å². The summed E-state index contributed by atoms with van der Waals surface area (Å²) in [6, 6.07) is 5.04. The third-order valence-electron chi connectivity index (χ3n) is 4.87. The second-order valence-corrected chi connectivity index (χ2v) is 8.96. The van der Waals surface area contributed by atoms with E-state index in [2.05, 4.69) is 48.2 Å². The van der Waals surface area contributed by atoms with Crippen LogP contribution in [0.5, 0.6) is 0 Å². The summed E-state index contributed by atoms with van der Waals surface area (Å²) in [5.74, 6) is 1.07. The van der Waals surface area contributed by atoms with Crippen LogP contribution in [0.25, 0.3) is 0 Å². The molecule has 128 valence electrons. The fraction of sp³-hybridized carbons (Fsp3) is 0.706. The minimum absolute atomic E-state index is 0.724. The summed E-state index contributed by atoms with van der Waals surface area (Å²) in [6.07, 6.45) is 6.49. The number of piperidine rings is 1. The molecule has 0 saturated carbocycles. The number of nitrogens with zero attached hydrogens (tertiary/aromatic N) is 3. The molecule has 6 heteroatoms. The Morgan fingerprint density at radius 2 is 2.13 bits per heavy atom. The molecule has 0 amide bonds. The zero-order chi connectivity index (χ0) is 16.1. The largest absolute Gasteiger partial charge is 0.356 e. The van der Waals surface area contributed by atoms with Gasteiger partial charge in [-0.25, -0.2) is 0 Å². The van der Waals surface area contributed by atoms with Gasteiger partial charge in [-0.3, -0.25) is 9.89 Å². The van der Waals surface area contributed by atoms with E-state index in [0.29, 0.717) is 0 Å². The topological polar surface area (TPSA) is 30.9 Å². The molecule has 3 heterocycles. The molecule has 1 unspecified atom stereocenters. The number of hydrogen-bond donors (Lipinski definition) is 1. The lowest BCUT2D eigenvalue weighted by Crippen LogP contribution is -2.44. The number of guanidine groups is 1. The Morgan fingerprint density at radius 3 is 2.83 bits per heavy atom. The van der Waals surface area contributed by atoms with Crippen molar-refractivity contribution in [1.82, 2.24) is 15.1 Å². The molecule has 3 rings (SSSR count). The Morgan fingerprint density at radius 1 is 1.30 bits per heavy atom. The van der Waals surface area contributed by atoms with Gasteiger partial charge >= 0.3 is 0 Å². The number of aliphatic imine (C=N–C) groups is 1. The second kappa shape index (κ2) is 8.49. The molecule has 0 spiro atoms. The van der Waals surface area contributed by atoms with E-state index in [1.54, 1.807) is 0 Å². The molecular formula is C17H27BrN4S. The molecule has 1 aromatic rings. The van der Waals surface area contributed by atoms with Gasteiger partial charge in [0.15, 0.2) is 5.96 Å². The fourth-order valence-corrected chi connectivity index (χ4v) is 5.11. The SMILES string of the molecule is CN=C(NCCc1ccc(Br)s1)N1CCC(N2CCCCC2)C1. The average Bonchev–Trinajstić information content (AvgIpc) is 3.22. The minimum Gasteiger partial charge on any atom is -0.356 e. The Hall–Kier alpha value is -0.590. The van der Waals surface area contributed by atoms with E-state index < -0.39 is 0 Å². The summed E-state index contributed by atoms with van der Waals surface area (Å²) in [5.41, 5.74) is 0. The van der Waals surface area contributed by atoms with Gasteiger partial charge in [-0.2, -0.15) is 0 Å². The van der Waals surface area contributed by atoms with Gasteiger partial charge in [0.25, 0.3) is 0 Å². The van der Waals surface area contributed by atoms with Gasteiger partial charge in [-0.1, -0.05) is 6.42 Å². The van der Waals surface area contributed by atoms with Crippen molar-refractivity contribution in [3.05, 3.63) is 20.8 Å². The maximum Gasteiger partial charge on any atom is 0.193 e. The summed E-state index contributed by atoms with van der Waals surface area (Å²) in [5, 5.41) is 3.54. The van der Waals surface area contributed by atoms with Gasteiger partial charge in [0, 0.05) is 37.6 Å². The van der Waals surface area contributed by atoms with E-state index in [-0.39, 0.29) is 0 Å². The first-order valence-corrected chi connectivity index (χ1v) is 10.3. The zero-order valence-corrected chi connectivity index (χ0v) is 16.3. The predicted molar refractivity (Wildman–Crippen MR) is 102 cm³/mol. The van der Waals surface area contributed by atoms with Crippen molar-refractivity contribution in [1.29, 1.82) is 0 Å². The van der Waals surface area contributed by atoms with E-state index in [1.807, 2.05) is 18.4 Å². The number of likely N-dealkylation sites (tertiary alicyclic amines) is 2. The highest BCUT2D eigenvalue weighted by Crippen LogP contribution is 2.22. The first-order valence-electron chi connectivity index (χ1n) is 8.70. The van der Waals surface area contributed by atoms with E-state index in [0.717, 1.165) is 38.1 Å². The Kier molecular flexibility index (Phi) is 6.36. The van der Waals surface area contributed by atoms with Crippen molar-refractivity contribution >= 4 is 33.2 Å². The second-order valence-electron chi connectivity index (χ2n) is 6.41. The molecule has 0 aromatic carbocycles. The summed E-state index contributed by atoms with van der Waals surface area (Å²) in [7, 11) is 1.90. The number of halogens is 1. The Balaban J connectivity index is 1.45. The highest BCUT2D eigenvalue weighted by molar-refractivity contribution is 9.11. The smallest absolute Gasteiger partial charge is 0.193 e. The van der Waals surface area contributed by atoms with E-state index >= 15 is 0 Å². The van der Waals surface area contributed by atoms with Crippen molar-refractivity contribution in [3.63, 3.8) is 0 Å². The van der Waals surface area contributed by atoms with E-state index in [1.165, 1.54) is 47.4 Å². The van der Waals surface area contributed by atoms with E-state index in [4.69, 9.17) is 0 Å². The van der Waals surface area contributed by atoms with Crippen LogP contribution in [0, 0.1) is 0 Å². The van der Waals surface area contributed by atoms with Gasteiger partial charge < -0.3 is 10.2 Å². The third-order valence-corrected chi connectivity index (χ3v) is 6.55. The van der Waals surface area contributed by atoms with Gasteiger partial charge in [0.2, 0.25) is 0 Å². The van der Waals surface area contributed by atoms with Crippen LogP contribution in [0.4, 0.5) is 0 Å². The van der Waals surface area contributed by atoms with Gasteiger partial charge in [-0.15, -0.1) is 11.3 Å². The summed E-state index contributed by atoms with van der Waals surface area (Å²) < 4.78 is 1.21.